The van der Waals surface area contributed by atoms with Crippen molar-refractivity contribution in [2.75, 3.05) is 11.6 Å². The van der Waals surface area contributed by atoms with Gasteiger partial charge in [0.15, 0.2) is 0 Å². The Labute approximate surface area is 168 Å². The number of carbonyl (C=O) groups excluding carboxylic acids is 2. The maximum atomic E-state index is 12.4. The molecule has 0 spiro atoms. The summed E-state index contributed by atoms with van der Waals surface area (Å²) in [5, 5.41) is 6.38. The Balaban J connectivity index is 1.34. The molecule has 0 unspecified atom stereocenters. The lowest BCUT2D eigenvalue weighted by Crippen LogP contribution is -2.41. The Morgan fingerprint density at radius 3 is 2.61 bits per heavy atom. The van der Waals surface area contributed by atoms with Gasteiger partial charge in [-0.25, -0.2) is 0 Å². The number of rotatable bonds is 3. The SMILES string of the molecule is CC1=NN(c2ccc(C(=O)NNC(=O)c3cc4c(s3)CC[C@H](C)C4)cc2)CC1. The van der Waals surface area contributed by atoms with Gasteiger partial charge in [0.2, 0.25) is 0 Å². The third-order valence-electron chi connectivity index (χ3n) is 5.25. The first-order valence-electron chi connectivity index (χ1n) is 9.63. The van der Waals surface area contributed by atoms with E-state index in [2.05, 4.69) is 22.9 Å². The Hall–Kier alpha value is -2.67. The Kier molecular flexibility index (Phi) is 5.17. The average Bonchev–Trinajstić information content (AvgIpc) is 3.31. The van der Waals surface area contributed by atoms with Crippen molar-refractivity contribution in [3.8, 4) is 0 Å². The van der Waals surface area contributed by atoms with Crippen molar-refractivity contribution >= 4 is 34.6 Å². The van der Waals surface area contributed by atoms with E-state index in [-0.39, 0.29) is 11.8 Å². The molecule has 4 rings (SSSR count). The number of amides is 2. The number of nitrogens with zero attached hydrogens (tertiary/aromatic N) is 2. The Morgan fingerprint density at radius 2 is 1.89 bits per heavy atom. The predicted molar refractivity (Wildman–Crippen MR) is 112 cm³/mol. The van der Waals surface area contributed by atoms with Gasteiger partial charge in [-0.2, -0.15) is 5.10 Å². The van der Waals surface area contributed by atoms with E-state index in [9.17, 15) is 9.59 Å². The first-order valence-corrected chi connectivity index (χ1v) is 10.4. The van der Waals surface area contributed by atoms with Gasteiger partial charge >= 0.3 is 0 Å². The van der Waals surface area contributed by atoms with Crippen molar-refractivity contribution in [3.63, 3.8) is 0 Å². The molecule has 1 aliphatic carbocycles. The van der Waals surface area contributed by atoms with Gasteiger partial charge in [0.05, 0.1) is 10.6 Å². The van der Waals surface area contributed by atoms with E-state index in [4.69, 9.17) is 0 Å². The highest BCUT2D eigenvalue weighted by atomic mass is 32.1. The number of aryl methyl sites for hydroxylation is 1. The Morgan fingerprint density at radius 1 is 1.14 bits per heavy atom. The number of hydrogen-bond donors (Lipinski definition) is 2. The molecule has 6 nitrogen and oxygen atoms in total. The summed E-state index contributed by atoms with van der Waals surface area (Å²) in [5.41, 5.74) is 8.87. The van der Waals surface area contributed by atoms with E-state index < -0.39 is 0 Å². The summed E-state index contributed by atoms with van der Waals surface area (Å²) in [7, 11) is 0. The molecule has 1 aliphatic heterocycles. The van der Waals surface area contributed by atoms with Crippen LogP contribution in [-0.4, -0.2) is 24.1 Å². The van der Waals surface area contributed by atoms with Crippen molar-refractivity contribution in [2.45, 2.75) is 39.5 Å². The number of carbonyl (C=O) groups is 2. The van der Waals surface area contributed by atoms with Crippen LogP contribution in [0, 0.1) is 5.92 Å². The van der Waals surface area contributed by atoms with E-state index in [0.717, 1.165) is 37.2 Å². The molecule has 0 saturated heterocycles. The van der Waals surface area contributed by atoms with Gasteiger partial charge in [-0.1, -0.05) is 6.92 Å². The van der Waals surface area contributed by atoms with Gasteiger partial charge in [-0.05, 0) is 68.0 Å². The van der Waals surface area contributed by atoms with E-state index >= 15 is 0 Å². The van der Waals surface area contributed by atoms with Crippen molar-refractivity contribution in [2.24, 2.45) is 11.0 Å². The number of anilines is 1. The van der Waals surface area contributed by atoms with Gasteiger partial charge in [0.25, 0.3) is 11.8 Å². The number of benzene rings is 1. The second-order valence-corrected chi connectivity index (χ2v) is 8.71. The highest BCUT2D eigenvalue weighted by Crippen LogP contribution is 2.32. The molecule has 2 aliphatic rings. The third-order valence-corrected chi connectivity index (χ3v) is 6.48. The number of thiophene rings is 1. The molecule has 7 heteroatoms. The lowest BCUT2D eigenvalue weighted by Gasteiger charge is -2.16. The number of hydrazone groups is 1. The van der Waals surface area contributed by atoms with Crippen molar-refractivity contribution < 1.29 is 9.59 Å². The highest BCUT2D eigenvalue weighted by Gasteiger charge is 2.21. The molecule has 0 bridgehead atoms. The molecule has 0 saturated carbocycles. The smallest absolute Gasteiger partial charge is 0.267 e. The van der Waals surface area contributed by atoms with E-state index in [0.29, 0.717) is 16.4 Å². The van der Waals surface area contributed by atoms with Crippen LogP contribution in [0.25, 0.3) is 0 Å². The molecule has 1 aromatic carbocycles. The highest BCUT2D eigenvalue weighted by molar-refractivity contribution is 7.14. The fourth-order valence-electron chi connectivity index (χ4n) is 3.61. The first kappa shape index (κ1) is 18.7. The first-order chi connectivity index (χ1) is 13.5. The van der Waals surface area contributed by atoms with Crippen LogP contribution in [0.3, 0.4) is 0 Å². The minimum absolute atomic E-state index is 0.265. The zero-order valence-corrected chi connectivity index (χ0v) is 16.9. The van der Waals surface area contributed by atoms with Gasteiger partial charge in [-0.15, -0.1) is 11.3 Å². The van der Waals surface area contributed by atoms with Crippen LogP contribution in [-0.2, 0) is 12.8 Å². The van der Waals surface area contributed by atoms with Gasteiger partial charge in [-0.3, -0.25) is 25.4 Å². The molecule has 28 heavy (non-hydrogen) atoms. The molecular weight excluding hydrogens is 372 g/mol. The Bertz CT molecular complexity index is 932. The van der Waals surface area contributed by atoms with Gasteiger partial charge in [0, 0.05) is 29.1 Å². The molecule has 0 radical (unpaired) electrons. The molecular formula is C21H24N4O2S. The van der Waals surface area contributed by atoms with E-state index in [1.165, 1.54) is 28.2 Å². The molecule has 1 atom stereocenters. The average molecular weight is 397 g/mol. The van der Waals surface area contributed by atoms with Crippen LogP contribution >= 0.6 is 11.3 Å². The number of hydrazine groups is 1. The minimum Gasteiger partial charge on any atom is -0.267 e. The third kappa shape index (κ3) is 3.94. The van der Waals surface area contributed by atoms with Crippen molar-refractivity contribution in [1.82, 2.24) is 10.9 Å². The lowest BCUT2D eigenvalue weighted by molar-refractivity contribution is 0.0849. The van der Waals surface area contributed by atoms with Crippen molar-refractivity contribution in [3.05, 3.63) is 51.2 Å². The quantitative estimate of drug-likeness (QED) is 0.780. The maximum Gasteiger partial charge on any atom is 0.279 e. The largest absolute Gasteiger partial charge is 0.279 e. The zero-order valence-electron chi connectivity index (χ0n) is 16.1. The molecule has 146 valence electrons. The minimum atomic E-state index is -0.337. The number of fused-ring (bicyclic) bond motifs is 1. The monoisotopic (exact) mass is 396 g/mol. The van der Waals surface area contributed by atoms with Crippen molar-refractivity contribution in [1.29, 1.82) is 0 Å². The van der Waals surface area contributed by atoms with Crippen LogP contribution in [0.2, 0.25) is 0 Å². The van der Waals surface area contributed by atoms with Crippen LogP contribution in [0.4, 0.5) is 5.69 Å². The van der Waals surface area contributed by atoms with E-state index in [1.54, 1.807) is 12.1 Å². The number of nitrogens with one attached hydrogen (secondary N) is 2. The summed E-state index contributed by atoms with van der Waals surface area (Å²) in [5.74, 6) is 0.0608. The predicted octanol–water partition coefficient (Wildman–Crippen LogP) is 3.53. The molecule has 0 fully saturated rings. The van der Waals surface area contributed by atoms with Crippen LogP contribution in [0.15, 0.2) is 35.4 Å². The molecule has 2 heterocycles. The summed E-state index contributed by atoms with van der Waals surface area (Å²) >= 11 is 1.53. The summed E-state index contributed by atoms with van der Waals surface area (Å²) in [6, 6.07) is 9.18. The standard InChI is InChI=1S/C21H24N4O2S/c1-13-3-8-18-16(11-13)12-19(28-18)21(27)23-22-20(26)15-4-6-17(7-5-15)25-10-9-14(2)24-25/h4-7,12-13H,3,8-11H2,1-2H3,(H,22,26)(H,23,27)/t13-/m0/s1. The zero-order chi connectivity index (χ0) is 19.7. The van der Waals surface area contributed by atoms with Crippen LogP contribution in [0.5, 0.6) is 0 Å². The molecule has 2 amide bonds. The van der Waals surface area contributed by atoms with Gasteiger partial charge < -0.3 is 0 Å². The maximum absolute atomic E-state index is 12.4. The fraction of sp³-hybridized carbons (Fsp3) is 0.381. The number of hydrogen-bond acceptors (Lipinski definition) is 5. The van der Waals surface area contributed by atoms with Gasteiger partial charge in [0.1, 0.15) is 0 Å². The fourth-order valence-corrected chi connectivity index (χ4v) is 4.71. The summed E-state index contributed by atoms with van der Waals surface area (Å²) in [6.45, 7) is 5.11. The normalized spacial score (nSPS) is 18.4. The topological polar surface area (TPSA) is 73.8 Å². The molecule has 2 aromatic rings. The van der Waals surface area contributed by atoms with Crippen LogP contribution in [0.1, 0.15) is 57.2 Å². The van der Waals surface area contributed by atoms with E-state index in [1.807, 2.05) is 30.1 Å². The second-order valence-electron chi connectivity index (χ2n) is 7.57. The van der Waals surface area contributed by atoms with Crippen LogP contribution < -0.4 is 15.9 Å². The summed E-state index contributed by atoms with van der Waals surface area (Å²) in [4.78, 5) is 26.7. The molecule has 1 aromatic heterocycles. The lowest BCUT2D eigenvalue weighted by atomic mass is 9.90. The second kappa shape index (κ2) is 7.75. The molecule has 2 N–H and O–H groups in total. The summed E-state index contributed by atoms with van der Waals surface area (Å²) in [6.07, 6.45) is 4.19. The summed E-state index contributed by atoms with van der Waals surface area (Å²) < 4.78 is 0.